The minimum atomic E-state index is -0.343. The molecule has 33 heavy (non-hydrogen) atoms. The number of hydrogen-bond donors (Lipinski definition) is 0. The fraction of sp³-hybridized carbons (Fsp3) is 0. The first kappa shape index (κ1) is 13.5. The first-order valence-corrected chi connectivity index (χ1v) is 10.9. The van der Waals surface area contributed by atoms with Gasteiger partial charge in [-0.25, -0.2) is 0 Å². The molecule has 0 saturated carbocycles. The largest absolute Gasteiger partial charge is 0.454 e. The Hall–Kier alpha value is -4.01. The highest BCUT2D eigenvalue weighted by atomic mass is 35.5. The molecule has 5 aromatic carbocycles. The van der Waals surface area contributed by atoms with E-state index >= 15 is 0 Å². The Labute approximate surface area is 203 Å². The zero-order chi connectivity index (χ0) is 27.2. The monoisotopic (exact) mass is 449 g/mol. The summed E-state index contributed by atoms with van der Waals surface area (Å²) in [5, 5.41) is 1.86. The quantitative estimate of drug-likeness (QED) is 0.257. The van der Waals surface area contributed by atoms with Crippen molar-refractivity contribution in [1.82, 2.24) is 4.57 Å². The van der Waals surface area contributed by atoms with Gasteiger partial charge >= 0.3 is 0 Å². The standard InChI is InChI=1S/C30H18ClNO/c31-21-14-15-23-24-10-6-12-28(30(24)33-29(23)18-21)32-26-11-5-4-9-22(26)25-17-20(13-16-27(25)32)19-7-2-1-3-8-19/h1-18H/i6D,10D,12D,14D,15D,18D. The molecule has 0 unspecified atom stereocenters. The van der Waals surface area contributed by atoms with E-state index in [1.54, 1.807) is 0 Å². The first-order valence-electron chi connectivity index (χ1n) is 13.5. The van der Waals surface area contributed by atoms with Gasteiger partial charge in [-0.05, 0) is 47.5 Å². The molecule has 2 aromatic heterocycles. The highest BCUT2D eigenvalue weighted by Gasteiger charge is 2.17. The third-order valence-corrected chi connectivity index (χ3v) is 6.20. The van der Waals surface area contributed by atoms with Crippen LogP contribution in [0.15, 0.2) is 113 Å². The smallest absolute Gasteiger partial charge is 0.159 e. The molecule has 7 rings (SSSR count). The van der Waals surface area contributed by atoms with Gasteiger partial charge in [-0.1, -0.05) is 78.3 Å². The van der Waals surface area contributed by atoms with Crippen molar-refractivity contribution in [3.63, 3.8) is 0 Å². The Morgan fingerprint density at radius 2 is 1.52 bits per heavy atom. The molecule has 0 aliphatic rings. The van der Waals surface area contributed by atoms with Gasteiger partial charge in [0.25, 0.3) is 0 Å². The Bertz CT molecular complexity index is 2150. The molecule has 0 radical (unpaired) electrons. The maximum absolute atomic E-state index is 8.94. The molecular weight excluding hydrogens is 426 g/mol. The predicted molar refractivity (Wildman–Crippen MR) is 139 cm³/mol. The van der Waals surface area contributed by atoms with Crippen molar-refractivity contribution in [2.75, 3.05) is 0 Å². The van der Waals surface area contributed by atoms with E-state index in [-0.39, 0.29) is 68.9 Å². The van der Waals surface area contributed by atoms with Crippen molar-refractivity contribution in [1.29, 1.82) is 0 Å². The van der Waals surface area contributed by atoms with Crippen LogP contribution >= 0.6 is 11.6 Å². The lowest BCUT2D eigenvalue weighted by Crippen LogP contribution is -1.94. The van der Waals surface area contributed by atoms with Crippen LogP contribution in [0.4, 0.5) is 0 Å². The molecule has 0 aliphatic carbocycles. The van der Waals surface area contributed by atoms with E-state index in [0.717, 1.165) is 32.9 Å². The fourth-order valence-electron chi connectivity index (χ4n) is 4.56. The summed E-state index contributed by atoms with van der Waals surface area (Å²) in [5.41, 5.74) is 3.96. The normalized spacial score (nSPS) is 14.3. The summed E-state index contributed by atoms with van der Waals surface area (Å²) in [6.45, 7) is 0. The Kier molecular flexibility index (Phi) is 2.87. The van der Waals surface area contributed by atoms with Crippen LogP contribution in [-0.4, -0.2) is 4.57 Å². The molecule has 0 fully saturated rings. The number of fused-ring (bicyclic) bond motifs is 6. The average Bonchev–Trinajstić information content (AvgIpc) is 3.51. The summed E-state index contributed by atoms with van der Waals surface area (Å²) in [6.07, 6.45) is 0. The van der Waals surface area contributed by atoms with Gasteiger partial charge in [0.15, 0.2) is 5.58 Å². The van der Waals surface area contributed by atoms with E-state index in [1.165, 1.54) is 0 Å². The lowest BCUT2D eigenvalue weighted by atomic mass is 10.0. The van der Waals surface area contributed by atoms with E-state index in [4.69, 9.17) is 24.2 Å². The Morgan fingerprint density at radius 1 is 0.697 bits per heavy atom. The van der Waals surface area contributed by atoms with Crippen LogP contribution in [-0.2, 0) is 0 Å². The Morgan fingerprint density at radius 3 is 2.42 bits per heavy atom. The van der Waals surface area contributed by atoms with Crippen molar-refractivity contribution in [2.24, 2.45) is 0 Å². The summed E-state index contributed by atoms with van der Waals surface area (Å²) in [7, 11) is 0. The van der Waals surface area contributed by atoms with Gasteiger partial charge in [0.05, 0.1) is 24.9 Å². The van der Waals surface area contributed by atoms with Gasteiger partial charge < -0.3 is 8.98 Å². The minimum Gasteiger partial charge on any atom is -0.454 e. The maximum Gasteiger partial charge on any atom is 0.159 e. The number of furan rings is 1. The molecule has 3 heteroatoms. The second-order valence-corrected chi connectivity index (χ2v) is 8.25. The molecule has 0 amide bonds. The van der Waals surface area contributed by atoms with Crippen LogP contribution in [0.5, 0.6) is 0 Å². The number of nitrogens with zero attached hydrogens (tertiary/aromatic N) is 1. The van der Waals surface area contributed by atoms with Crippen LogP contribution < -0.4 is 0 Å². The zero-order valence-corrected chi connectivity index (χ0v) is 17.9. The lowest BCUT2D eigenvalue weighted by molar-refractivity contribution is 0.666. The van der Waals surface area contributed by atoms with Gasteiger partial charge in [0, 0.05) is 32.6 Å². The van der Waals surface area contributed by atoms with Crippen LogP contribution in [0, 0.1) is 0 Å². The highest BCUT2D eigenvalue weighted by Crippen LogP contribution is 2.39. The summed E-state index contributed by atoms with van der Waals surface area (Å²) in [6, 6.07) is 22.1. The zero-order valence-electron chi connectivity index (χ0n) is 23.2. The van der Waals surface area contributed by atoms with E-state index in [1.807, 2.05) is 71.3 Å². The predicted octanol–water partition coefficient (Wildman–Crippen LogP) is 9.00. The molecule has 0 saturated heterocycles. The summed E-state index contributed by atoms with van der Waals surface area (Å²) in [5.74, 6) is 0. The lowest BCUT2D eigenvalue weighted by Gasteiger charge is -2.09. The third kappa shape index (κ3) is 2.75. The van der Waals surface area contributed by atoms with Crippen molar-refractivity contribution in [2.45, 2.75) is 0 Å². The van der Waals surface area contributed by atoms with E-state index in [9.17, 15) is 0 Å². The molecule has 0 spiro atoms. The molecular formula is C30H18ClNO. The van der Waals surface area contributed by atoms with Gasteiger partial charge in [-0.2, -0.15) is 0 Å². The number of aromatic nitrogens is 1. The van der Waals surface area contributed by atoms with Crippen LogP contribution in [0.25, 0.3) is 60.6 Å². The van der Waals surface area contributed by atoms with Crippen molar-refractivity contribution < 1.29 is 12.6 Å². The number of halogens is 1. The molecule has 2 nitrogen and oxygen atoms in total. The highest BCUT2D eigenvalue weighted by molar-refractivity contribution is 6.31. The number of rotatable bonds is 2. The van der Waals surface area contributed by atoms with Gasteiger partial charge in [0.1, 0.15) is 5.58 Å². The van der Waals surface area contributed by atoms with Gasteiger partial charge in [0.2, 0.25) is 0 Å². The van der Waals surface area contributed by atoms with Crippen molar-refractivity contribution in [3.8, 4) is 16.8 Å². The van der Waals surface area contributed by atoms with Crippen LogP contribution in [0.1, 0.15) is 8.22 Å². The van der Waals surface area contributed by atoms with Gasteiger partial charge in [-0.15, -0.1) is 0 Å². The second-order valence-electron chi connectivity index (χ2n) is 7.87. The molecule has 0 atom stereocenters. The number of benzene rings is 5. The Balaban J connectivity index is 1.67. The molecule has 0 bridgehead atoms. The van der Waals surface area contributed by atoms with Crippen molar-refractivity contribution in [3.05, 3.63) is 114 Å². The molecule has 156 valence electrons. The molecule has 0 N–H and O–H groups in total. The minimum absolute atomic E-state index is 0.0390. The van der Waals surface area contributed by atoms with Crippen molar-refractivity contribution >= 4 is 55.3 Å². The SMILES string of the molecule is [2H]c1c([2H])c([2H])c2c(oc3c([2H])c(Cl)c([2H])c([2H])c32)c1-n1c2ccccc2c2cc(-c3ccccc3)ccc21. The van der Waals surface area contributed by atoms with Gasteiger partial charge in [-0.3, -0.25) is 0 Å². The van der Waals surface area contributed by atoms with E-state index < -0.39 is 0 Å². The van der Waals surface area contributed by atoms with E-state index in [0.29, 0.717) is 0 Å². The summed E-state index contributed by atoms with van der Waals surface area (Å²) >= 11 is 6.17. The third-order valence-electron chi connectivity index (χ3n) is 6.02. The van der Waals surface area contributed by atoms with Crippen LogP contribution in [0.3, 0.4) is 0 Å². The molecule has 7 aromatic rings. The molecule has 0 aliphatic heterocycles. The summed E-state index contributed by atoms with van der Waals surface area (Å²) < 4.78 is 59.5. The van der Waals surface area contributed by atoms with Crippen LogP contribution in [0.2, 0.25) is 5.02 Å². The summed E-state index contributed by atoms with van der Waals surface area (Å²) in [4.78, 5) is 0. The number of hydrogen-bond acceptors (Lipinski definition) is 1. The number of para-hydroxylation sites is 2. The molecule has 2 heterocycles. The topological polar surface area (TPSA) is 18.1 Å². The fourth-order valence-corrected chi connectivity index (χ4v) is 4.70. The average molecular weight is 450 g/mol. The maximum atomic E-state index is 8.94. The second kappa shape index (κ2) is 6.99. The first-order chi connectivity index (χ1) is 18.8. The van der Waals surface area contributed by atoms with E-state index in [2.05, 4.69) is 6.07 Å².